The van der Waals surface area contributed by atoms with Crippen molar-refractivity contribution in [3.63, 3.8) is 0 Å². The lowest BCUT2D eigenvalue weighted by molar-refractivity contribution is 0.634. The Morgan fingerprint density at radius 3 is 3.00 bits per heavy atom. The minimum absolute atomic E-state index is 0.578. The summed E-state index contributed by atoms with van der Waals surface area (Å²) in [6, 6.07) is 4.23. The molecule has 0 amide bonds. The zero-order valence-corrected chi connectivity index (χ0v) is 10.3. The number of aryl methyl sites for hydroxylation is 3. The fraction of sp³-hybridized carbons (Fsp3) is 0.462. The number of pyridine rings is 1. The second-order valence-corrected chi connectivity index (χ2v) is 4.15. The summed E-state index contributed by atoms with van der Waals surface area (Å²) in [5, 5.41) is 8.58. The van der Waals surface area contributed by atoms with Crippen molar-refractivity contribution >= 4 is 11.2 Å². The standard InChI is InChI=1S/C13H16N4/c1-3-12-16-11-8-10(2)9-15-13(11)17(12)7-5-4-6-14/h8-9H,3-5,7H2,1-2H3. The highest BCUT2D eigenvalue weighted by atomic mass is 15.1. The molecule has 0 aliphatic rings. The van der Waals surface area contributed by atoms with Gasteiger partial charge >= 0.3 is 0 Å². The number of hydrogen-bond acceptors (Lipinski definition) is 3. The molecule has 2 rings (SSSR count). The second kappa shape index (κ2) is 4.96. The Morgan fingerprint density at radius 1 is 1.47 bits per heavy atom. The van der Waals surface area contributed by atoms with E-state index in [4.69, 9.17) is 5.26 Å². The van der Waals surface area contributed by atoms with Gasteiger partial charge in [0.25, 0.3) is 0 Å². The lowest BCUT2D eigenvalue weighted by Crippen LogP contribution is -2.03. The van der Waals surface area contributed by atoms with Gasteiger partial charge in [-0.2, -0.15) is 5.26 Å². The zero-order chi connectivity index (χ0) is 12.3. The molecule has 4 nitrogen and oxygen atoms in total. The molecular weight excluding hydrogens is 212 g/mol. The van der Waals surface area contributed by atoms with E-state index in [0.717, 1.165) is 41.9 Å². The van der Waals surface area contributed by atoms with Gasteiger partial charge in [0.1, 0.15) is 11.3 Å². The van der Waals surface area contributed by atoms with Crippen LogP contribution < -0.4 is 0 Å². The number of unbranched alkanes of at least 4 members (excludes halogenated alkanes) is 1. The van der Waals surface area contributed by atoms with Gasteiger partial charge in [-0.1, -0.05) is 6.92 Å². The Bertz CT molecular complexity index is 563. The first kappa shape index (κ1) is 11.6. The van der Waals surface area contributed by atoms with Crippen LogP contribution in [0.4, 0.5) is 0 Å². The summed E-state index contributed by atoms with van der Waals surface area (Å²) in [4.78, 5) is 9.03. The number of nitriles is 1. The van der Waals surface area contributed by atoms with Gasteiger partial charge in [-0.3, -0.25) is 0 Å². The number of hydrogen-bond donors (Lipinski definition) is 0. The smallest absolute Gasteiger partial charge is 0.160 e. The molecule has 0 fully saturated rings. The molecule has 0 radical (unpaired) electrons. The van der Waals surface area contributed by atoms with Crippen LogP contribution >= 0.6 is 0 Å². The number of rotatable bonds is 4. The summed E-state index contributed by atoms with van der Waals surface area (Å²) < 4.78 is 2.13. The summed E-state index contributed by atoms with van der Waals surface area (Å²) in [5.41, 5.74) is 3.02. The van der Waals surface area contributed by atoms with Crippen LogP contribution in [0.1, 0.15) is 31.2 Å². The molecule has 0 unspecified atom stereocenters. The largest absolute Gasteiger partial charge is 0.313 e. The summed E-state index contributed by atoms with van der Waals surface area (Å²) in [6.45, 7) is 4.94. The molecule has 17 heavy (non-hydrogen) atoms. The average Bonchev–Trinajstić information content (AvgIpc) is 2.67. The van der Waals surface area contributed by atoms with E-state index in [1.54, 1.807) is 0 Å². The number of aromatic nitrogens is 3. The molecule has 0 saturated carbocycles. The molecule has 0 atom stereocenters. The fourth-order valence-corrected chi connectivity index (χ4v) is 1.98. The molecule has 0 spiro atoms. The van der Waals surface area contributed by atoms with Crippen molar-refractivity contribution in [2.24, 2.45) is 0 Å². The molecule has 0 aliphatic heterocycles. The van der Waals surface area contributed by atoms with Gasteiger partial charge in [0.2, 0.25) is 0 Å². The molecule has 0 saturated heterocycles. The maximum absolute atomic E-state index is 8.58. The monoisotopic (exact) mass is 228 g/mol. The Hall–Kier alpha value is -1.89. The van der Waals surface area contributed by atoms with Crippen molar-refractivity contribution in [3.8, 4) is 6.07 Å². The average molecular weight is 228 g/mol. The molecule has 0 N–H and O–H groups in total. The Morgan fingerprint density at radius 2 is 2.29 bits per heavy atom. The quantitative estimate of drug-likeness (QED) is 0.756. The van der Waals surface area contributed by atoms with Crippen LogP contribution in [0.15, 0.2) is 12.3 Å². The topological polar surface area (TPSA) is 54.5 Å². The van der Waals surface area contributed by atoms with Crippen LogP contribution in [-0.2, 0) is 13.0 Å². The summed E-state index contributed by atoms with van der Waals surface area (Å²) in [7, 11) is 0. The number of imidazole rings is 1. The molecule has 2 aromatic rings. The predicted molar refractivity (Wildman–Crippen MR) is 66.5 cm³/mol. The zero-order valence-electron chi connectivity index (χ0n) is 10.3. The summed E-state index contributed by atoms with van der Waals surface area (Å²) in [5.74, 6) is 1.05. The third-order valence-electron chi connectivity index (χ3n) is 2.79. The maximum Gasteiger partial charge on any atom is 0.160 e. The SMILES string of the molecule is CCc1nc2cc(C)cnc2n1CCCC#N. The van der Waals surface area contributed by atoms with Crippen LogP contribution in [0.3, 0.4) is 0 Å². The van der Waals surface area contributed by atoms with Crippen LogP contribution in [0.5, 0.6) is 0 Å². The van der Waals surface area contributed by atoms with Gasteiger partial charge in [-0.05, 0) is 25.0 Å². The molecule has 2 aromatic heterocycles. The minimum atomic E-state index is 0.578. The van der Waals surface area contributed by atoms with Crippen LogP contribution in [0.25, 0.3) is 11.2 Å². The molecule has 4 heteroatoms. The van der Waals surface area contributed by atoms with E-state index in [1.807, 2.05) is 13.1 Å². The molecule has 2 heterocycles. The van der Waals surface area contributed by atoms with E-state index in [2.05, 4.69) is 33.6 Å². The highest BCUT2D eigenvalue weighted by Gasteiger charge is 2.09. The van der Waals surface area contributed by atoms with Crippen molar-refractivity contribution in [2.75, 3.05) is 0 Å². The van der Waals surface area contributed by atoms with Crippen LogP contribution in [-0.4, -0.2) is 14.5 Å². The lowest BCUT2D eigenvalue weighted by atomic mass is 10.3. The van der Waals surface area contributed by atoms with E-state index in [1.165, 1.54) is 0 Å². The van der Waals surface area contributed by atoms with Gasteiger partial charge < -0.3 is 4.57 Å². The van der Waals surface area contributed by atoms with Gasteiger partial charge in [0, 0.05) is 25.6 Å². The first-order valence-electron chi connectivity index (χ1n) is 5.95. The summed E-state index contributed by atoms with van der Waals surface area (Å²) >= 11 is 0. The number of fused-ring (bicyclic) bond motifs is 1. The van der Waals surface area contributed by atoms with Crippen molar-refractivity contribution in [1.82, 2.24) is 14.5 Å². The Labute approximate surface area is 101 Å². The molecule has 0 aromatic carbocycles. The molecule has 0 bridgehead atoms. The van der Waals surface area contributed by atoms with Crippen molar-refractivity contribution < 1.29 is 0 Å². The van der Waals surface area contributed by atoms with E-state index in [-0.39, 0.29) is 0 Å². The van der Waals surface area contributed by atoms with E-state index >= 15 is 0 Å². The molecular formula is C13H16N4. The molecule has 88 valence electrons. The van der Waals surface area contributed by atoms with Gasteiger partial charge in [-0.25, -0.2) is 9.97 Å². The fourth-order valence-electron chi connectivity index (χ4n) is 1.98. The molecule has 0 aliphatic carbocycles. The maximum atomic E-state index is 8.58. The van der Waals surface area contributed by atoms with Crippen molar-refractivity contribution in [1.29, 1.82) is 5.26 Å². The van der Waals surface area contributed by atoms with E-state index < -0.39 is 0 Å². The third-order valence-corrected chi connectivity index (χ3v) is 2.79. The van der Waals surface area contributed by atoms with Gasteiger partial charge in [0.05, 0.1) is 6.07 Å². The highest BCUT2D eigenvalue weighted by Crippen LogP contribution is 2.16. The highest BCUT2D eigenvalue weighted by molar-refractivity contribution is 5.72. The third kappa shape index (κ3) is 2.28. The first-order valence-corrected chi connectivity index (χ1v) is 5.95. The minimum Gasteiger partial charge on any atom is -0.313 e. The van der Waals surface area contributed by atoms with Gasteiger partial charge in [-0.15, -0.1) is 0 Å². The van der Waals surface area contributed by atoms with Crippen molar-refractivity contribution in [2.45, 2.75) is 39.7 Å². The normalized spacial score (nSPS) is 10.6. The lowest BCUT2D eigenvalue weighted by Gasteiger charge is -2.05. The van der Waals surface area contributed by atoms with Crippen LogP contribution in [0, 0.1) is 18.3 Å². The van der Waals surface area contributed by atoms with Gasteiger partial charge in [0.15, 0.2) is 5.65 Å². The van der Waals surface area contributed by atoms with E-state index in [9.17, 15) is 0 Å². The van der Waals surface area contributed by atoms with Crippen molar-refractivity contribution in [3.05, 3.63) is 23.7 Å². The summed E-state index contributed by atoms with van der Waals surface area (Å²) in [6.07, 6.45) is 4.19. The predicted octanol–water partition coefficient (Wildman–Crippen LogP) is 2.61. The first-order chi connectivity index (χ1) is 8.26. The number of nitrogens with zero attached hydrogens (tertiary/aromatic N) is 4. The second-order valence-electron chi connectivity index (χ2n) is 4.15. The Balaban J connectivity index is 2.40. The van der Waals surface area contributed by atoms with E-state index in [0.29, 0.717) is 6.42 Å². The Kier molecular flexibility index (Phi) is 3.38. The van der Waals surface area contributed by atoms with Crippen LogP contribution in [0.2, 0.25) is 0 Å².